The van der Waals surface area contributed by atoms with Crippen molar-refractivity contribution in [1.29, 1.82) is 0 Å². The number of rotatable bonds is 4. The van der Waals surface area contributed by atoms with Crippen molar-refractivity contribution in [3.8, 4) is 0 Å². The summed E-state index contributed by atoms with van der Waals surface area (Å²) in [5.74, 6) is 0.781. The van der Waals surface area contributed by atoms with Crippen LogP contribution in [0.5, 0.6) is 0 Å². The van der Waals surface area contributed by atoms with Gasteiger partial charge in [-0.2, -0.15) is 4.98 Å². The van der Waals surface area contributed by atoms with Crippen LogP contribution < -0.4 is 5.32 Å². The first-order valence-electron chi connectivity index (χ1n) is 8.88. The first-order chi connectivity index (χ1) is 13.0. The number of nitrogens with one attached hydrogen (secondary N) is 1. The summed E-state index contributed by atoms with van der Waals surface area (Å²) < 4.78 is 19.8. The summed E-state index contributed by atoms with van der Waals surface area (Å²) in [6.45, 7) is 0. The monoisotopic (exact) mass is 407 g/mol. The van der Waals surface area contributed by atoms with E-state index in [4.69, 9.17) is 16.3 Å². The number of nitrogens with zero attached hydrogens (tertiary/aromatic N) is 2. The highest BCUT2D eigenvalue weighted by Gasteiger charge is 2.48. The zero-order valence-electron chi connectivity index (χ0n) is 14.8. The summed E-state index contributed by atoms with van der Waals surface area (Å²) in [4.78, 5) is 21.7. The summed E-state index contributed by atoms with van der Waals surface area (Å²) in [7, 11) is 1.34. The standard InChI is InChI=1S/C19H19ClFN3O2S/c1-26-17(25)19(7-3-8-19)12-6-5-11(10-13(12)21)22-16-15-14(4-2-9-27-15)23-18(20)24-16/h5-6,10H,2-4,7-9H2,1H3,(H,22,23,24). The second-order valence-corrected chi connectivity index (χ2v) is 8.26. The van der Waals surface area contributed by atoms with Gasteiger partial charge in [0.05, 0.1) is 23.1 Å². The van der Waals surface area contributed by atoms with Gasteiger partial charge in [-0.15, -0.1) is 11.8 Å². The third-order valence-corrected chi connectivity index (χ3v) is 6.62. The zero-order chi connectivity index (χ0) is 19.0. The number of carbonyl (C=O) groups is 1. The van der Waals surface area contributed by atoms with Gasteiger partial charge >= 0.3 is 5.97 Å². The van der Waals surface area contributed by atoms with E-state index < -0.39 is 11.2 Å². The van der Waals surface area contributed by atoms with Crippen molar-refractivity contribution in [2.24, 2.45) is 0 Å². The van der Waals surface area contributed by atoms with Crippen molar-refractivity contribution < 1.29 is 13.9 Å². The molecule has 0 saturated heterocycles. The maximum atomic E-state index is 14.9. The molecule has 2 aliphatic rings. The van der Waals surface area contributed by atoms with Crippen LogP contribution in [-0.2, 0) is 21.4 Å². The number of thioether (sulfide) groups is 1. The van der Waals surface area contributed by atoms with E-state index in [1.54, 1.807) is 23.9 Å². The van der Waals surface area contributed by atoms with Crippen LogP contribution in [0.3, 0.4) is 0 Å². The Kier molecular flexibility index (Phi) is 4.99. The maximum Gasteiger partial charge on any atom is 0.316 e. The normalized spacial score (nSPS) is 17.6. The highest BCUT2D eigenvalue weighted by Crippen LogP contribution is 2.46. The molecule has 4 rings (SSSR count). The van der Waals surface area contributed by atoms with Crippen molar-refractivity contribution in [3.05, 3.63) is 40.6 Å². The molecule has 1 saturated carbocycles. The Hall–Kier alpha value is -1.86. The summed E-state index contributed by atoms with van der Waals surface area (Å²) in [6, 6.07) is 4.82. The third kappa shape index (κ3) is 3.27. The van der Waals surface area contributed by atoms with Crippen molar-refractivity contribution in [2.45, 2.75) is 42.4 Å². The fourth-order valence-corrected chi connectivity index (χ4v) is 4.94. The number of carbonyl (C=O) groups excluding carboxylic acids is 1. The van der Waals surface area contributed by atoms with Gasteiger partial charge in [0.2, 0.25) is 5.28 Å². The number of hydrogen-bond acceptors (Lipinski definition) is 6. The van der Waals surface area contributed by atoms with Crippen molar-refractivity contribution in [3.63, 3.8) is 0 Å². The maximum absolute atomic E-state index is 14.9. The summed E-state index contributed by atoms with van der Waals surface area (Å²) >= 11 is 7.72. The molecule has 0 spiro atoms. The molecule has 1 aliphatic carbocycles. The van der Waals surface area contributed by atoms with Gasteiger partial charge in [-0.1, -0.05) is 12.5 Å². The Bertz CT molecular complexity index is 905. The Morgan fingerprint density at radius 3 is 2.81 bits per heavy atom. The van der Waals surface area contributed by atoms with E-state index in [1.807, 2.05) is 0 Å². The van der Waals surface area contributed by atoms with Crippen LogP contribution in [0.15, 0.2) is 23.1 Å². The first-order valence-corrected chi connectivity index (χ1v) is 10.2. The van der Waals surface area contributed by atoms with Crippen LogP contribution in [0.2, 0.25) is 5.28 Å². The van der Waals surface area contributed by atoms with E-state index in [0.717, 1.165) is 35.6 Å². The highest BCUT2D eigenvalue weighted by atomic mass is 35.5. The molecule has 142 valence electrons. The molecule has 1 aromatic carbocycles. The number of methoxy groups -OCH3 is 1. The van der Waals surface area contributed by atoms with Gasteiger partial charge in [-0.05, 0) is 55.2 Å². The van der Waals surface area contributed by atoms with Crippen LogP contribution >= 0.6 is 23.4 Å². The third-order valence-electron chi connectivity index (χ3n) is 5.24. The highest BCUT2D eigenvalue weighted by molar-refractivity contribution is 7.99. The summed E-state index contributed by atoms with van der Waals surface area (Å²) in [5.41, 5.74) is 1.01. The van der Waals surface area contributed by atoms with Crippen molar-refractivity contribution in [1.82, 2.24) is 9.97 Å². The number of aromatic nitrogens is 2. The molecule has 8 heteroatoms. The molecule has 0 amide bonds. The quantitative estimate of drug-likeness (QED) is 0.588. The lowest BCUT2D eigenvalue weighted by Gasteiger charge is -2.39. The number of hydrogen-bond donors (Lipinski definition) is 1. The Balaban J connectivity index is 1.65. The van der Waals surface area contributed by atoms with Gasteiger partial charge in [0.1, 0.15) is 11.6 Å². The smallest absolute Gasteiger partial charge is 0.316 e. The molecular weight excluding hydrogens is 389 g/mol. The molecule has 1 aromatic heterocycles. The van der Waals surface area contributed by atoms with E-state index >= 15 is 0 Å². The predicted octanol–water partition coefficient (Wildman–Crippen LogP) is 4.65. The molecule has 1 aliphatic heterocycles. The SMILES string of the molecule is COC(=O)C1(c2ccc(Nc3nc(Cl)nc4c3SCCC4)cc2F)CCC1. The molecule has 0 radical (unpaired) electrons. The molecular formula is C19H19ClFN3O2S. The van der Waals surface area contributed by atoms with E-state index in [0.29, 0.717) is 29.9 Å². The minimum atomic E-state index is -0.857. The topological polar surface area (TPSA) is 64.1 Å². The molecule has 0 unspecified atom stereocenters. The molecule has 2 aromatic rings. The Labute approximate surface area is 166 Å². The molecule has 1 fully saturated rings. The number of halogens is 2. The Morgan fingerprint density at radius 1 is 1.33 bits per heavy atom. The average molecular weight is 408 g/mol. The zero-order valence-corrected chi connectivity index (χ0v) is 16.4. The number of fused-ring (bicyclic) bond motifs is 1. The molecule has 1 N–H and O–H groups in total. The van der Waals surface area contributed by atoms with Gasteiger partial charge in [0.15, 0.2) is 0 Å². The number of aryl methyl sites for hydroxylation is 1. The van der Waals surface area contributed by atoms with Crippen LogP contribution in [-0.4, -0.2) is 28.8 Å². The van der Waals surface area contributed by atoms with Crippen molar-refractivity contribution in [2.75, 3.05) is 18.2 Å². The average Bonchev–Trinajstić information content (AvgIpc) is 2.62. The van der Waals surface area contributed by atoms with Crippen LogP contribution in [0.25, 0.3) is 0 Å². The van der Waals surface area contributed by atoms with E-state index in [1.165, 1.54) is 13.2 Å². The van der Waals surface area contributed by atoms with Gasteiger partial charge < -0.3 is 10.1 Å². The van der Waals surface area contributed by atoms with Crippen LogP contribution in [0.4, 0.5) is 15.9 Å². The van der Waals surface area contributed by atoms with Crippen LogP contribution in [0, 0.1) is 5.82 Å². The predicted molar refractivity (Wildman–Crippen MR) is 103 cm³/mol. The summed E-state index contributed by atoms with van der Waals surface area (Å²) in [6.07, 6.45) is 4.00. The minimum Gasteiger partial charge on any atom is -0.468 e. The molecule has 27 heavy (non-hydrogen) atoms. The lowest BCUT2D eigenvalue weighted by atomic mass is 9.64. The van der Waals surface area contributed by atoms with Crippen molar-refractivity contribution >= 4 is 40.8 Å². The summed E-state index contributed by atoms with van der Waals surface area (Å²) in [5, 5.41) is 3.33. The molecule has 2 heterocycles. The van der Waals surface area contributed by atoms with Crippen LogP contribution in [0.1, 0.15) is 36.9 Å². The molecule has 0 atom stereocenters. The van der Waals surface area contributed by atoms with E-state index in [-0.39, 0.29) is 11.3 Å². The largest absolute Gasteiger partial charge is 0.468 e. The lowest BCUT2D eigenvalue weighted by Crippen LogP contribution is -2.43. The number of esters is 1. The minimum absolute atomic E-state index is 0.176. The van der Waals surface area contributed by atoms with Gasteiger partial charge in [-0.25, -0.2) is 9.37 Å². The van der Waals surface area contributed by atoms with Gasteiger partial charge in [-0.3, -0.25) is 4.79 Å². The van der Waals surface area contributed by atoms with E-state index in [2.05, 4.69) is 15.3 Å². The first kappa shape index (κ1) is 18.5. The number of benzene rings is 1. The second-order valence-electron chi connectivity index (χ2n) is 6.82. The lowest BCUT2D eigenvalue weighted by molar-refractivity contribution is -0.151. The molecule has 0 bridgehead atoms. The second kappa shape index (κ2) is 7.28. The van der Waals surface area contributed by atoms with Gasteiger partial charge in [0, 0.05) is 11.3 Å². The number of ether oxygens (including phenoxy) is 1. The van der Waals surface area contributed by atoms with E-state index in [9.17, 15) is 9.18 Å². The van der Waals surface area contributed by atoms with Gasteiger partial charge in [0.25, 0.3) is 0 Å². The fraction of sp³-hybridized carbons (Fsp3) is 0.421. The fourth-order valence-electron chi connectivity index (χ4n) is 3.71. The molecule has 5 nitrogen and oxygen atoms in total. The Morgan fingerprint density at radius 2 is 2.15 bits per heavy atom. The number of anilines is 2.